The van der Waals surface area contributed by atoms with Crippen molar-refractivity contribution < 1.29 is 66.9 Å². The first-order valence-corrected chi connectivity index (χ1v) is 12.5. The third kappa shape index (κ3) is 8.40. The highest BCUT2D eigenvalue weighted by atomic mass is 32.2. The summed E-state index contributed by atoms with van der Waals surface area (Å²) in [4.78, 5) is 0.418. The van der Waals surface area contributed by atoms with Crippen molar-refractivity contribution >= 4 is 17.4 Å². The van der Waals surface area contributed by atoms with Crippen molar-refractivity contribution in [3.63, 3.8) is 0 Å². The molecule has 0 fully saturated rings. The highest BCUT2D eigenvalue weighted by molar-refractivity contribution is 8.00. The van der Waals surface area contributed by atoms with E-state index >= 15 is 0 Å². The van der Waals surface area contributed by atoms with E-state index in [1.807, 2.05) is 0 Å². The quantitative estimate of drug-likeness (QED) is 0.174. The topological polar surface area (TPSA) is 32.7 Å². The second-order valence-electron chi connectivity index (χ2n) is 8.88. The maximum atomic E-state index is 14.3. The first-order chi connectivity index (χ1) is 19.6. The number of aliphatic hydroxyl groups excluding tert-OH is 1. The van der Waals surface area contributed by atoms with Crippen LogP contribution in [0.4, 0.5) is 62.8 Å². The van der Waals surface area contributed by atoms with Crippen LogP contribution >= 0.6 is 11.8 Å². The molecule has 0 aliphatic carbocycles. The number of hydrogen-bond donors (Lipinski definition) is 1. The van der Waals surface area contributed by atoms with Crippen LogP contribution in [-0.2, 0) is 12.5 Å². The van der Waals surface area contributed by atoms with Crippen molar-refractivity contribution in [2.75, 3.05) is 11.4 Å². The van der Waals surface area contributed by atoms with Gasteiger partial charge in [-0.1, -0.05) is 36.4 Å². The monoisotopic (exact) mass is 655 g/mol. The molecule has 1 unspecified atom stereocenters. The molecule has 0 aliphatic rings. The molecule has 236 valence electrons. The van der Waals surface area contributed by atoms with Crippen LogP contribution < -0.4 is 9.64 Å². The van der Waals surface area contributed by atoms with Crippen LogP contribution in [0.2, 0.25) is 0 Å². The van der Waals surface area contributed by atoms with E-state index < -0.39 is 71.8 Å². The molecule has 0 saturated heterocycles. The van der Waals surface area contributed by atoms with Crippen molar-refractivity contribution in [3.05, 3.63) is 83.9 Å². The van der Waals surface area contributed by atoms with Crippen molar-refractivity contribution in [2.24, 2.45) is 0 Å². The van der Waals surface area contributed by atoms with E-state index in [9.17, 15) is 62.2 Å². The summed E-state index contributed by atoms with van der Waals surface area (Å²) in [5.74, 6) is -12.7. The van der Waals surface area contributed by atoms with Gasteiger partial charge < -0.3 is 14.7 Å². The van der Waals surface area contributed by atoms with Crippen LogP contribution in [0.5, 0.6) is 11.5 Å². The Hall–Kier alpha value is -3.34. The Morgan fingerprint density at radius 3 is 1.98 bits per heavy atom. The second kappa shape index (κ2) is 12.3. The van der Waals surface area contributed by atoms with E-state index in [4.69, 9.17) is 4.74 Å². The number of benzene rings is 3. The number of rotatable bonds is 10. The largest absolute Gasteiger partial charge is 0.460 e. The number of halogens is 13. The third-order valence-electron chi connectivity index (χ3n) is 5.66. The van der Waals surface area contributed by atoms with Gasteiger partial charge in [-0.15, -0.1) is 0 Å². The van der Waals surface area contributed by atoms with Crippen molar-refractivity contribution in [1.29, 1.82) is 0 Å². The highest BCUT2D eigenvalue weighted by Crippen LogP contribution is 2.52. The number of thioether (sulfide) groups is 1. The van der Waals surface area contributed by atoms with Crippen LogP contribution in [0, 0.1) is 0 Å². The molecule has 1 N–H and O–H groups in total. The zero-order valence-electron chi connectivity index (χ0n) is 21.0. The average Bonchev–Trinajstić information content (AvgIpc) is 2.86. The van der Waals surface area contributed by atoms with Gasteiger partial charge >= 0.3 is 29.7 Å². The van der Waals surface area contributed by atoms with Crippen LogP contribution in [0.1, 0.15) is 11.1 Å². The Morgan fingerprint density at radius 2 is 1.37 bits per heavy atom. The van der Waals surface area contributed by atoms with Crippen LogP contribution in [0.15, 0.2) is 77.7 Å². The maximum Gasteiger partial charge on any atom is 0.460 e. The van der Waals surface area contributed by atoms with Gasteiger partial charge in [-0.25, -0.2) is 0 Å². The highest BCUT2D eigenvalue weighted by Gasteiger charge is 2.73. The van der Waals surface area contributed by atoms with Gasteiger partial charge in [-0.05, 0) is 53.7 Å². The number of hydrogen-bond acceptors (Lipinski definition) is 4. The van der Waals surface area contributed by atoms with E-state index in [0.29, 0.717) is 6.07 Å². The molecule has 0 amide bonds. The van der Waals surface area contributed by atoms with Gasteiger partial charge in [-0.3, -0.25) is 0 Å². The summed E-state index contributed by atoms with van der Waals surface area (Å²) in [5, 5.41) is 9.74. The van der Waals surface area contributed by atoms with Gasteiger partial charge in [-0.2, -0.15) is 57.1 Å². The number of nitrogens with zero attached hydrogens (tertiary/aromatic N) is 1. The fourth-order valence-corrected chi connectivity index (χ4v) is 4.26. The number of aliphatic hydroxyl groups is 1. The lowest BCUT2D eigenvalue weighted by molar-refractivity contribution is -0.359. The minimum Gasteiger partial charge on any atom is -0.455 e. The first-order valence-electron chi connectivity index (χ1n) is 11.7. The van der Waals surface area contributed by atoms with Gasteiger partial charge in [0.1, 0.15) is 5.75 Å². The predicted molar refractivity (Wildman–Crippen MR) is 129 cm³/mol. The summed E-state index contributed by atoms with van der Waals surface area (Å²) in [6.45, 7) is -2.15. The first kappa shape index (κ1) is 34.2. The summed E-state index contributed by atoms with van der Waals surface area (Å²) in [6.07, 6.45) is -14.9. The fourth-order valence-electron chi connectivity index (χ4n) is 3.67. The molecule has 3 rings (SSSR count). The smallest absolute Gasteiger partial charge is 0.455 e. The molecule has 17 heteroatoms. The molecule has 0 aliphatic heterocycles. The van der Waals surface area contributed by atoms with E-state index in [2.05, 4.69) is 0 Å². The minimum absolute atomic E-state index is 0.200. The Kier molecular flexibility index (Phi) is 9.80. The van der Waals surface area contributed by atoms with Crippen LogP contribution in [0.3, 0.4) is 0 Å². The van der Waals surface area contributed by atoms with Crippen molar-refractivity contribution in [1.82, 2.24) is 0 Å². The summed E-state index contributed by atoms with van der Waals surface area (Å²) in [6, 6.07) is 11.6. The van der Waals surface area contributed by atoms with Gasteiger partial charge in [0.05, 0.1) is 12.2 Å². The molecule has 0 spiro atoms. The SMILES string of the molecule is OC(CN(Cc1cccc(C(F)(F)C(F)(F)C(F)(F)F)c1)c1ccccc1Oc1cccc(SC(F)(F)F)c1)C(F)(F)F. The Morgan fingerprint density at radius 1 is 0.744 bits per heavy atom. The Bertz CT molecular complexity index is 1390. The number of anilines is 1. The molecular formula is C26H18F13NO2S. The lowest BCUT2D eigenvalue weighted by Gasteiger charge is -2.31. The van der Waals surface area contributed by atoms with Crippen LogP contribution in [-0.4, -0.2) is 41.5 Å². The zero-order valence-corrected chi connectivity index (χ0v) is 21.9. The van der Waals surface area contributed by atoms with Gasteiger partial charge in [0.25, 0.3) is 0 Å². The molecule has 1 atom stereocenters. The molecule has 43 heavy (non-hydrogen) atoms. The molecular weight excluding hydrogens is 637 g/mol. The molecule has 0 aromatic heterocycles. The average molecular weight is 655 g/mol. The molecule has 3 aromatic rings. The normalized spacial score (nSPS) is 14.0. The molecule has 3 nitrogen and oxygen atoms in total. The molecule has 0 saturated carbocycles. The van der Waals surface area contributed by atoms with Crippen molar-refractivity contribution in [2.45, 2.75) is 47.3 Å². The predicted octanol–water partition coefficient (Wildman–Crippen LogP) is 9.31. The number of alkyl halides is 13. The van der Waals surface area contributed by atoms with E-state index in [0.717, 1.165) is 29.2 Å². The van der Waals surface area contributed by atoms with E-state index in [-0.39, 0.29) is 34.2 Å². The van der Waals surface area contributed by atoms with Gasteiger partial charge in [0.15, 0.2) is 11.9 Å². The Balaban J connectivity index is 2.02. The van der Waals surface area contributed by atoms with Crippen LogP contribution in [0.25, 0.3) is 0 Å². The van der Waals surface area contributed by atoms with Gasteiger partial charge in [0, 0.05) is 17.0 Å². The molecule has 0 heterocycles. The minimum atomic E-state index is -6.64. The lowest BCUT2D eigenvalue weighted by Crippen LogP contribution is -2.50. The zero-order chi connectivity index (χ0) is 32.4. The lowest BCUT2D eigenvalue weighted by atomic mass is 9.99. The molecule has 3 aromatic carbocycles. The number of ether oxygens (including phenoxy) is 1. The summed E-state index contributed by atoms with van der Waals surface area (Å²) in [7, 11) is 0. The molecule has 0 radical (unpaired) electrons. The summed E-state index contributed by atoms with van der Waals surface area (Å²) >= 11 is -0.478. The van der Waals surface area contributed by atoms with E-state index in [1.54, 1.807) is 0 Å². The standard InChI is InChI=1S/C26H18F13NO2S/c27-22(28,24(32,33)25(34,35)36)16-6-3-5-15(11-16)13-40(14-21(41)23(29,30)31)19-9-1-2-10-20(19)42-17-7-4-8-18(12-17)43-26(37,38)39/h1-12,21,41H,13-14H2. The fraction of sp³-hybridized carbons (Fsp3) is 0.308. The van der Waals surface area contributed by atoms with E-state index in [1.165, 1.54) is 30.3 Å². The summed E-state index contributed by atoms with van der Waals surface area (Å²) < 4.78 is 178. The molecule has 0 bridgehead atoms. The summed E-state index contributed by atoms with van der Waals surface area (Å²) in [5.41, 5.74) is -7.16. The third-order valence-corrected chi connectivity index (χ3v) is 6.38. The Labute approximate surface area is 238 Å². The number of para-hydroxylation sites is 2. The maximum absolute atomic E-state index is 14.3. The van der Waals surface area contributed by atoms with Crippen molar-refractivity contribution in [3.8, 4) is 11.5 Å². The van der Waals surface area contributed by atoms with Gasteiger partial charge in [0.2, 0.25) is 0 Å². The second-order valence-corrected chi connectivity index (χ2v) is 10.0.